The third-order valence-corrected chi connectivity index (χ3v) is 5.35. The minimum atomic E-state index is -3.77. The lowest BCUT2D eigenvalue weighted by molar-refractivity contribution is 0.0577. The van der Waals surface area contributed by atoms with Crippen molar-refractivity contribution in [3.8, 4) is 6.07 Å². The quantitative estimate of drug-likeness (QED) is 0.772. The van der Waals surface area contributed by atoms with Crippen LogP contribution in [0.3, 0.4) is 0 Å². The number of rotatable bonds is 6. The van der Waals surface area contributed by atoms with Crippen molar-refractivity contribution >= 4 is 22.4 Å². The van der Waals surface area contributed by atoms with Crippen LogP contribution in [0.15, 0.2) is 23.2 Å². The number of halogens is 1. The molecule has 0 aliphatic carbocycles. The predicted molar refractivity (Wildman–Crippen MR) is 87.8 cm³/mol. The van der Waals surface area contributed by atoms with Crippen LogP contribution >= 0.6 is 12.4 Å². The summed E-state index contributed by atoms with van der Waals surface area (Å²) in [6, 6.07) is 4.70. The number of hydrogen-bond donors (Lipinski definition) is 2. The number of aromatic nitrogens is 1. The zero-order valence-electron chi connectivity index (χ0n) is 12.9. The standard InChI is InChI=1S/C14H20N4O3S.ClH/c1-21-11-14(4-7-16-8-5-14)10-18-22(19,20)13-3-2-6-17-12(13)9-15;/h2-3,6,16,18H,4-5,7-8,10-11H2,1H3;1H. The summed E-state index contributed by atoms with van der Waals surface area (Å²) in [7, 11) is -2.15. The smallest absolute Gasteiger partial charge is 0.243 e. The van der Waals surface area contributed by atoms with Gasteiger partial charge in [-0.3, -0.25) is 0 Å². The lowest BCUT2D eigenvalue weighted by Crippen LogP contribution is -2.47. The Labute approximate surface area is 142 Å². The van der Waals surface area contributed by atoms with Gasteiger partial charge in [0.1, 0.15) is 11.0 Å². The van der Waals surface area contributed by atoms with E-state index in [1.165, 1.54) is 18.3 Å². The number of ether oxygens (including phenoxy) is 1. The molecule has 2 rings (SSSR count). The Morgan fingerprint density at radius 2 is 2.17 bits per heavy atom. The van der Waals surface area contributed by atoms with Crippen LogP contribution in [0.4, 0.5) is 0 Å². The van der Waals surface area contributed by atoms with Gasteiger partial charge in [-0.25, -0.2) is 18.1 Å². The van der Waals surface area contributed by atoms with Crippen LogP contribution in [0.25, 0.3) is 0 Å². The minimum Gasteiger partial charge on any atom is -0.384 e. The van der Waals surface area contributed by atoms with Gasteiger partial charge in [0.15, 0.2) is 5.69 Å². The van der Waals surface area contributed by atoms with Gasteiger partial charge in [-0.2, -0.15) is 5.26 Å². The summed E-state index contributed by atoms with van der Waals surface area (Å²) in [4.78, 5) is 3.71. The average molecular weight is 361 g/mol. The van der Waals surface area contributed by atoms with E-state index in [1.54, 1.807) is 7.11 Å². The highest BCUT2D eigenvalue weighted by atomic mass is 35.5. The summed E-state index contributed by atoms with van der Waals surface area (Å²) < 4.78 is 32.8. The van der Waals surface area contributed by atoms with Crippen molar-refractivity contribution in [2.75, 3.05) is 33.4 Å². The van der Waals surface area contributed by atoms with Crippen molar-refractivity contribution in [1.29, 1.82) is 5.26 Å². The molecule has 0 unspecified atom stereocenters. The van der Waals surface area contributed by atoms with Gasteiger partial charge in [0, 0.05) is 25.3 Å². The number of piperidine rings is 1. The van der Waals surface area contributed by atoms with Crippen molar-refractivity contribution < 1.29 is 13.2 Å². The van der Waals surface area contributed by atoms with Gasteiger partial charge in [-0.15, -0.1) is 12.4 Å². The molecule has 1 aliphatic heterocycles. The Bertz CT molecular complexity index is 649. The van der Waals surface area contributed by atoms with E-state index in [0.29, 0.717) is 6.61 Å². The van der Waals surface area contributed by atoms with Crippen LogP contribution in [0.1, 0.15) is 18.5 Å². The third kappa shape index (κ3) is 4.86. The molecule has 1 fully saturated rings. The topological polar surface area (TPSA) is 104 Å². The van der Waals surface area contributed by atoms with Crippen molar-refractivity contribution in [3.05, 3.63) is 24.0 Å². The molecular formula is C14H21ClN4O3S. The molecule has 0 aromatic carbocycles. The molecule has 9 heteroatoms. The minimum absolute atomic E-state index is 0. The monoisotopic (exact) mass is 360 g/mol. The molecule has 1 aromatic heterocycles. The number of sulfonamides is 1. The number of nitrogens with one attached hydrogen (secondary N) is 2. The summed E-state index contributed by atoms with van der Waals surface area (Å²) >= 11 is 0. The normalized spacial score (nSPS) is 17.0. The molecule has 1 aliphatic rings. The maximum atomic E-state index is 12.4. The Morgan fingerprint density at radius 3 is 2.78 bits per heavy atom. The van der Waals surface area contributed by atoms with E-state index in [9.17, 15) is 8.42 Å². The van der Waals surface area contributed by atoms with E-state index in [2.05, 4.69) is 15.0 Å². The number of pyridine rings is 1. The number of hydrogen-bond acceptors (Lipinski definition) is 6. The predicted octanol–water partition coefficient (Wildman–Crippen LogP) is 0.670. The first-order valence-electron chi connectivity index (χ1n) is 7.07. The van der Waals surface area contributed by atoms with Gasteiger partial charge in [0.25, 0.3) is 0 Å². The Hall–Kier alpha value is -1.24. The average Bonchev–Trinajstić information content (AvgIpc) is 2.54. The first-order valence-corrected chi connectivity index (χ1v) is 8.56. The first-order chi connectivity index (χ1) is 10.5. The van der Waals surface area contributed by atoms with Crippen LogP contribution in [0.2, 0.25) is 0 Å². The van der Waals surface area contributed by atoms with Gasteiger partial charge in [0.05, 0.1) is 6.61 Å². The second kappa shape index (κ2) is 8.57. The fourth-order valence-electron chi connectivity index (χ4n) is 2.65. The van der Waals surface area contributed by atoms with Gasteiger partial charge < -0.3 is 10.1 Å². The summed E-state index contributed by atoms with van der Waals surface area (Å²) in [6.45, 7) is 2.45. The van der Waals surface area contributed by atoms with Crippen molar-refractivity contribution in [2.45, 2.75) is 17.7 Å². The molecular weight excluding hydrogens is 340 g/mol. The second-order valence-corrected chi connectivity index (χ2v) is 7.20. The summed E-state index contributed by atoms with van der Waals surface area (Å²) in [6.07, 6.45) is 3.07. The lowest BCUT2D eigenvalue weighted by atomic mass is 9.80. The fourth-order valence-corrected chi connectivity index (χ4v) is 3.91. The first kappa shape index (κ1) is 19.8. The van der Waals surface area contributed by atoms with Crippen LogP contribution in [-0.2, 0) is 14.8 Å². The second-order valence-electron chi connectivity index (χ2n) is 5.47. The molecule has 7 nitrogen and oxygen atoms in total. The highest BCUT2D eigenvalue weighted by Crippen LogP contribution is 2.29. The molecule has 0 radical (unpaired) electrons. The Kier molecular flexibility index (Phi) is 7.38. The molecule has 1 aromatic rings. The van der Waals surface area contributed by atoms with E-state index in [1.807, 2.05) is 6.07 Å². The van der Waals surface area contributed by atoms with E-state index in [-0.39, 0.29) is 35.0 Å². The number of nitriles is 1. The molecule has 2 N–H and O–H groups in total. The molecule has 0 spiro atoms. The third-order valence-electron chi connectivity index (χ3n) is 3.92. The van der Waals surface area contributed by atoms with Crippen molar-refractivity contribution in [1.82, 2.24) is 15.0 Å². The Balaban J connectivity index is 0.00000264. The van der Waals surface area contributed by atoms with Gasteiger partial charge in [-0.05, 0) is 38.1 Å². The molecule has 1 saturated heterocycles. The maximum Gasteiger partial charge on any atom is 0.243 e. The molecule has 0 saturated carbocycles. The van der Waals surface area contributed by atoms with Gasteiger partial charge >= 0.3 is 0 Å². The Morgan fingerprint density at radius 1 is 1.48 bits per heavy atom. The molecule has 23 heavy (non-hydrogen) atoms. The largest absolute Gasteiger partial charge is 0.384 e. The van der Waals surface area contributed by atoms with E-state index in [0.717, 1.165) is 25.9 Å². The lowest BCUT2D eigenvalue weighted by Gasteiger charge is -2.37. The van der Waals surface area contributed by atoms with Gasteiger partial charge in [-0.1, -0.05) is 0 Å². The van der Waals surface area contributed by atoms with Crippen LogP contribution in [0.5, 0.6) is 0 Å². The van der Waals surface area contributed by atoms with Crippen LogP contribution in [0, 0.1) is 16.7 Å². The fraction of sp³-hybridized carbons (Fsp3) is 0.571. The molecule has 0 amide bonds. The summed E-state index contributed by atoms with van der Waals surface area (Å²) in [5.74, 6) is 0. The zero-order chi connectivity index (χ0) is 16.1. The highest BCUT2D eigenvalue weighted by Gasteiger charge is 2.34. The molecule has 128 valence electrons. The zero-order valence-corrected chi connectivity index (χ0v) is 14.5. The van der Waals surface area contributed by atoms with E-state index < -0.39 is 10.0 Å². The van der Waals surface area contributed by atoms with Crippen LogP contribution < -0.4 is 10.0 Å². The highest BCUT2D eigenvalue weighted by molar-refractivity contribution is 7.89. The van der Waals surface area contributed by atoms with Gasteiger partial charge in [0.2, 0.25) is 10.0 Å². The van der Waals surface area contributed by atoms with Crippen molar-refractivity contribution in [3.63, 3.8) is 0 Å². The summed E-state index contributed by atoms with van der Waals surface area (Å²) in [5.41, 5.74) is -0.316. The van der Waals surface area contributed by atoms with Crippen molar-refractivity contribution in [2.24, 2.45) is 5.41 Å². The molecule has 0 atom stereocenters. The number of nitrogens with zero attached hydrogens (tertiary/aromatic N) is 2. The summed E-state index contributed by atoms with van der Waals surface area (Å²) in [5, 5.41) is 12.3. The van der Waals surface area contributed by atoms with Crippen LogP contribution in [-0.4, -0.2) is 46.8 Å². The van der Waals surface area contributed by atoms with E-state index in [4.69, 9.17) is 10.00 Å². The maximum absolute atomic E-state index is 12.4. The number of methoxy groups -OCH3 is 1. The molecule has 0 bridgehead atoms. The SMILES string of the molecule is COCC1(CNS(=O)(=O)c2cccnc2C#N)CCNCC1.Cl. The van der Waals surface area contributed by atoms with E-state index >= 15 is 0 Å². The molecule has 2 heterocycles.